The van der Waals surface area contributed by atoms with E-state index in [0.29, 0.717) is 11.3 Å². The molecule has 0 amide bonds. The minimum Gasteiger partial charge on any atom is -0.478 e. The first kappa shape index (κ1) is 15.1. The Balaban J connectivity index is 2.15. The number of carbonyl (C=O) groups is 2. The number of carboxylic acids is 1. The van der Waals surface area contributed by atoms with Gasteiger partial charge in [0.05, 0.1) is 18.2 Å². The molecule has 0 aliphatic rings. The summed E-state index contributed by atoms with van der Waals surface area (Å²) >= 11 is 1.48. The third-order valence-electron chi connectivity index (χ3n) is 2.90. The zero-order valence-electron chi connectivity index (χ0n) is 11.4. The van der Waals surface area contributed by atoms with E-state index in [1.165, 1.54) is 18.9 Å². The highest BCUT2D eigenvalue weighted by molar-refractivity contribution is 7.98. The molecule has 0 saturated carbocycles. The number of carboxylic acid groups (broad SMARTS) is 1. The Morgan fingerprint density at radius 3 is 2.62 bits per heavy atom. The standard InChI is InChI=1S/C16H14O4S/c1-20-16(19)14-8-3-2-5-12(14)10-21-13-7-4-6-11(9-13)15(17)18/h2-9H,10H2,1H3,(H,17,18). The van der Waals surface area contributed by atoms with E-state index in [-0.39, 0.29) is 11.5 Å². The summed E-state index contributed by atoms with van der Waals surface area (Å²) in [6.07, 6.45) is 0. The van der Waals surface area contributed by atoms with Gasteiger partial charge < -0.3 is 9.84 Å². The van der Waals surface area contributed by atoms with Crippen molar-refractivity contribution >= 4 is 23.7 Å². The van der Waals surface area contributed by atoms with E-state index in [2.05, 4.69) is 0 Å². The molecular weight excluding hydrogens is 288 g/mol. The molecule has 0 fully saturated rings. The first-order chi connectivity index (χ1) is 10.1. The van der Waals surface area contributed by atoms with Crippen molar-refractivity contribution in [2.75, 3.05) is 7.11 Å². The van der Waals surface area contributed by atoms with E-state index < -0.39 is 5.97 Å². The molecule has 108 valence electrons. The van der Waals surface area contributed by atoms with Gasteiger partial charge in [0.25, 0.3) is 0 Å². The Hall–Kier alpha value is -2.27. The summed E-state index contributed by atoms with van der Waals surface area (Å²) in [5, 5.41) is 8.97. The van der Waals surface area contributed by atoms with Gasteiger partial charge in [-0.1, -0.05) is 24.3 Å². The molecule has 0 heterocycles. The molecule has 0 atom stereocenters. The van der Waals surface area contributed by atoms with Crippen molar-refractivity contribution in [2.45, 2.75) is 10.6 Å². The number of methoxy groups -OCH3 is 1. The van der Waals surface area contributed by atoms with Gasteiger partial charge in [0.15, 0.2) is 0 Å². The maximum absolute atomic E-state index is 11.7. The summed E-state index contributed by atoms with van der Waals surface area (Å²) in [7, 11) is 1.35. The van der Waals surface area contributed by atoms with Crippen LogP contribution in [-0.2, 0) is 10.5 Å². The van der Waals surface area contributed by atoms with Gasteiger partial charge in [0.2, 0.25) is 0 Å². The zero-order chi connectivity index (χ0) is 15.2. The van der Waals surface area contributed by atoms with E-state index in [1.807, 2.05) is 18.2 Å². The van der Waals surface area contributed by atoms with Crippen LogP contribution in [-0.4, -0.2) is 24.2 Å². The van der Waals surface area contributed by atoms with Crippen LogP contribution in [0, 0.1) is 0 Å². The lowest BCUT2D eigenvalue weighted by atomic mass is 10.1. The van der Waals surface area contributed by atoms with Crippen LogP contribution in [0.3, 0.4) is 0 Å². The van der Waals surface area contributed by atoms with Crippen molar-refractivity contribution in [3.63, 3.8) is 0 Å². The molecule has 2 rings (SSSR count). The number of carbonyl (C=O) groups excluding carboxylic acids is 1. The van der Waals surface area contributed by atoms with E-state index in [4.69, 9.17) is 9.84 Å². The number of ether oxygens (including phenoxy) is 1. The maximum Gasteiger partial charge on any atom is 0.338 e. The Labute approximate surface area is 126 Å². The molecular formula is C16H14O4S. The SMILES string of the molecule is COC(=O)c1ccccc1CSc1cccc(C(=O)O)c1. The number of aromatic carboxylic acids is 1. The molecule has 0 spiro atoms. The summed E-state index contributed by atoms with van der Waals surface area (Å²) in [6.45, 7) is 0. The van der Waals surface area contributed by atoms with Crippen molar-refractivity contribution in [3.05, 3.63) is 65.2 Å². The van der Waals surface area contributed by atoms with Crippen LogP contribution < -0.4 is 0 Å². The molecule has 0 aliphatic carbocycles. The van der Waals surface area contributed by atoms with Crippen LogP contribution in [0.25, 0.3) is 0 Å². The average molecular weight is 302 g/mol. The minimum atomic E-state index is -0.951. The Bertz CT molecular complexity index is 667. The number of thioether (sulfide) groups is 1. The van der Waals surface area contributed by atoms with Crippen molar-refractivity contribution in [3.8, 4) is 0 Å². The van der Waals surface area contributed by atoms with E-state index in [9.17, 15) is 9.59 Å². The number of rotatable bonds is 5. The van der Waals surface area contributed by atoms with Crippen LogP contribution in [0.5, 0.6) is 0 Å². The topological polar surface area (TPSA) is 63.6 Å². The van der Waals surface area contributed by atoms with E-state index in [0.717, 1.165) is 10.5 Å². The third-order valence-corrected chi connectivity index (χ3v) is 3.94. The van der Waals surface area contributed by atoms with Gasteiger partial charge in [-0.25, -0.2) is 9.59 Å². The molecule has 2 aromatic rings. The fourth-order valence-corrected chi connectivity index (χ4v) is 2.79. The normalized spacial score (nSPS) is 10.1. The van der Waals surface area contributed by atoms with Crippen molar-refractivity contribution in [1.29, 1.82) is 0 Å². The van der Waals surface area contributed by atoms with Gasteiger partial charge >= 0.3 is 11.9 Å². The Kier molecular flexibility index (Phi) is 5.00. The monoisotopic (exact) mass is 302 g/mol. The first-order valence-corrected chi connectivity index (χ1v) is 7.22. The van der Waals surface area contributed by atoms with Crippen LogP contribution in [0.1, 0.15) is 26.3 Å². The highest BCUT2D eigenvalue weighted by Crippen LogP contribution is 2.25. The van der Waals surface area contributed by atoms with Crippen LogP contribution in [0.2, 0.25) is 0 Å². The summed E-state index contributed by atoms with van der Waals surface area (Å²) in [5.74, 6) is -0.758. The zero-order valence-corrected chi connectivity index (χ0v) is 12.2. The van der Waals surface area contributed by atoms with Crippen molar-refractivity contribution < 1.29 is 19.4 Å². The summed E-state index contributed by atoms with van der Waals surface area (Å²) in [4.78, 5) is 23.5. The smallest absolute Gasteiger partial charge is 0.338 e. The van der Waals surface area contributed by atoms with Gasteiger partial charge in [0, 0.05) is 10.6 Å². The van der Waals surface area contributed by atoms with Gasteiger partial charge in [0.1, 0.15) is 0 Å². The molecule has 0 aliphatic heterocycles. The van der Waals surface area contributed by atoms with Crippen molar-refractivity contribution in [2.24, 2.45) is 0 Å². The number of hydrogen-bond donors (Lipinski definition) is 1. The minimum absolute atomic E-state index is 0.251. The molecule has 1 N–H and O–H groups in total. The molecule has 0 aromatic heterocycles. The molecule has 0 saturated heterocycles. The quantitative estimate of drug-likeness (QED) is 0.677. The molecule has 5 heteroatoms. The predicted octanol–water partition coefficient (Wildman–Crippen LogP) is 3.46. The lowest BCUT2D eigenvalue weighted by Crippen LogP contribution is -2.04. The second-order valence-corrected chi connectivity index (χ2v) is 5.32. The number of esters is 1. The molecule has 4 nitrogen and oxygen atoms in total. The van der Waals surface area contributed by atoms with Gasteiger partial charge in [-0.2, -0.15) is 0 Å². The molecule has 2 aromatic carbocycles. The predicted molar refractivity (Wildman–Crippen MR) is 80.7 cm³/mol. The second kappa shape index (κ2) is 6.95. The fraction of sp³-hybridized carbons (Fsp3) is 0.125. The van der Waals surface area contributed by atoms with Gasteiger partial charge in [-0.15, -0.1) is 11.8 Å². The van der Waals surface area contributed by atoms with Crippen LogP contribution in [0.4, 0.5) is 0 Å². The molecule has 21 heavy (non-hydrogen) atoms. The highest BCUT2D eigenvalue weighted by atomic mass is 32.2. The second-order valence-electron chi connectivity index (χ2n) is 4.27. The Morgan fingerprint density at radius 2 is 1.90 bits per heavy atom. The fourth-order valence-electron chi connectivity index (χ4n) is 1.84. The summed E-state index contributed by atoms with van der Waals surface area (Å²) < 4.78 is 4.75. The number of benzene rings is 2. The van der Waals surface area contributed by atoms with E-state index in [1.54, 1.807) is 30.3 Å². The summed E-state index contributed by atoms with van der Waals surface area (Å²) in [5.41, 5.74) is 1.64. The number of hydrogen-bond acceptors (Lipinski definition) is 4. The molecule has 0 bridgehead atoms. The lowest BCUT2D eigenvalue weighted by molar-refractivity contribution is 0.0599. The van der Waals surface area contributed by atoms with Crippen LogP contribution >= 0.6 is 11.8 Å². The largest absolute Gasteiger partial charge is 0.478 e. The molecule has 0 radical (unpaired) electrons. The Morgan fingerprint density at radius 1 is 1.14 bits per heavy atom. The molecule has 0 unspecified atom stereocenters. The van der Waals surface area contributed by atoms with E-state index >= 15 is 0 Å². The lowest BCUT2D eigenvalue weighted by Gasteiger charge is -2.08. The summed E-state index contributed by atoms with van der Waals surface area (Å²) in [6, 6.07) is 13.9. The third kappa shape index (κ3) is 3.86. The highest BCUT2D eigenvalue weighted by Gasteiger charge is 2.11. The van der Waals surface area contributed by atoms with Crippen molar-refractivity contribution in [1.82, 2.24) is 0 Å². The first-order valence-electron chi connectivity index (χ1n) is 6.24. The maximum atomic E-state index is 11.7. The average Bonchev–Trinajstić information content (AvgIpc) is 2.52. The van der Waals surface area contributed by atoms with Gasteiger partial charge in [-0.05, 0) is 29.8 Å². The van der Waals surface area contributed by atoms with Crippen LogP contribution in [0.15, 0.2) is 53.4 Å². The van der Waals surface area contributed by atoms with Gasteiger partial charge in [-0.3, -0.25) is 0 Å².